The number of aromatic hydroxyl groups is 1. The van der Waals surface area contributed by atoms with E-state index in [1.807, 2.05) is 6.07 Å². The molecule has 0 bridgehead atoms. The smallest absolute Gasteiger partial charge is 0.306 e. The van der Waals surface area contributed by atoms with Crippen molar-refractivity contribution < 1.29 is 17.9 Å². The lowest BCUT2D eigenvalue weighted by molar-refractivity contribution is 0.461. The predicted molar refractivity (Wildman–Crippen MR) is 113 cm³/mol. The Hall–Kier alpha value is -3.48. The van der Waals surface area contributed by atoms with Crippen LogP contribution in [0.4, 0.5) is 5.95 Å². The Labute approximate surface area is 177 Å². The molecule has 1 fully saturated rings. The van der Waals surface area contributed by atoms with Crippen LogP contribution in [-0.2, 0) is 10.2 Å². The standard InChI is InChI=1S/C19H19N7O4S/c27-14-3-1-2-13(12-14)16-17(26-10-11-30-19(26)24-16)15-4-5-20-18(23-15)21-6-8-25-9-7-22-31(25,28)29/h1-5,10-12,22,27H,6-9H2,(H,20,21,23). The van der Waals surface area contributed by atoms with Gasteiger partial charge >= 0.3 is 5.84 Å². The molecular formula is C19H19N7O4S. The first kappa shape index (κ1) is 19.5. The van der Waals surface area contributed by atoms with Crippen LogP contribution in [0, 0.1) is 0 Å². The highest BCUT2D eigenvalue weighted by Crippen LogP contribution is 2.33. The van der Waals surface area contributed by atoms with E-state index in [-0.39, 0.29) is 5.75 Å². The van der Waals surface area contributed by atoms with E-state index in [1.165, 1.54) is 10.6 Å². The van der Waals surface area contributed by atoms with E-state index in [1.54, 1.807) is 41.1 Å². The number of anilines is 1. The third-order valence-corrected chi connectivity index (χ3v) is 6.52. The lowest BCUT2D eigenvalue weighted by Crippen LogP contribution is -2.33. The summed E-state index contributed by atoms with van der Waals surface area (Å²) in [6.45, 7) is 1.51. The Morgan fingerprint density at radius 1 is 1.26 bits per heavy atom. The predicted octanol–water partition coefficient (Wildman–Crippen LogP) is 1.32. The average molecular weight is 441 g/mol. The maximum atomic E-state index is 11.8. The van der Waals surface area contributed by atoms with Crippen molar-refractivity contribution >= 4 is 22.0 Å². The molecule has 0 spiro atoms. The van der Waals surface area contributed by atoms with E-state index in [0.717, 1.165) is 0 Å². The molecule has 31 heavy (non-hydrogen) atoms. The van der Waals surface area contributed by atoms with Crippen LogP contribution >= 0.6 is 0 Å². The number of hydrogen-bond acceptors (Lipinski definition) is 8. The van der Waals surface area contributed by atoms with Crippen molar-refractivity contribution in [3.63, 3.8) is 0 Å². The molecule has 0 aliphatic carbocycles. The summed E-state index contributed by atoms with van der Waals surface area (Å²) in [6, 6.07) is 8.55. The molecule has 4 heterocycles. The number of oxazole rings is 1. The van der Waals surface area contributed by atoms with Crippen LogP contribution in [0.5, 0.6) is 5.75 Å². The Morgan fingerprint density at radius 3 is 2.97 bits per heavy atom. The van der Waals surface area contributed by atoms with E-state index in [4.69, 9.17) is 4.42 Å². The van der Waals surface area contributed by atoms with Crippen LogP contribution in [0.3, 0.4) is 0 Å². The average Bonchev–Trinajstić information content (AvgIpc) is 3.42. The van der Waals surface area contributed by atoms with Gasteiger partial charge in [0.2, 0.25) is 5.95 Å². The summed E-state index contributed by atoms with van der Waals surface area (Å²) < 4.78 is 34.7. The van der Waals surface area contributed by atoms with Crippen molar-refractivity contribution in [2.24, 2.45) is 0 Å². The molecule has 0 atom stereocenters. The van der Waals surface area contributed by atoms with Gasteiger partial charge in [-0.25, -0.2) is 14.7 Å². The van der Waals surface area contributed by atoms with Crippen LogP contribution in [0.2, 0.25) is 0 Å². The van der Waals surface area contributed by atoms with Gasteiger partial charge in [-0.15, -0.1) is 0 Å². The van der Waals surface area contributed by atoms with Crippen LogP contribution in [-0.4, -0.2) is 63.4 Å². The highest BCUT2D eigenvalue weighted by Gasteiger charge is 2.27. The molecule has 3 aromatic heterocycles. The van der Waals surface area contributed by atoms with Gasteiger partial charge in [-0.2, -0.15) is 17.7 Å². The second-order valence-electron chi connectivity index (χ2n) is 6.91. The Bertz CT molecular complexity index is 1350. The first-order valence-electron chi connectivity index (χ1n) is 9.58. The lowest BCUT2D eigenvalue weighted by atomic mass is 10.1. The molecule has 0 saturated carbocycles. The van der Waals surface area contributed by atoms with Crippen molar-refractivity contribution in [3.8, 4) is 28.4 Å². The third-order valence-electron chi connectivity index (χ3n) is 4.91. The first-order chi connectivity index (χ1) is 15.0. The number of hydrogen-bond donors (Lipinski definition) is 3. The fourth-order valence-electron chi connectivity index (χ4n) is 3.50. The molecule has 1 aromatic carbocycles. The van der Waals surface area contributed by atoms with Gasteiger partial charge in [0.05, 0.1) is 5.69 Å². The van der Waals surface area contributed by atoms with Crippen molar-refractivity contribution in [2.75, 3.05) is 31.5 Å². The molecule has 1 aliphatic rings. The number of nitrogens with one attached hydrogen (secondary N) is 2. The number of nitrogens with zero attached hydrogens (tertiary/aromatic N) is 5. The number of imidazole rings is 1. The Balaban J connectivity index is 1.44. The van der Waals surface area contributed by atoms with Gasteiger partial charge in [0.15, 0.2) is 0 Å². The quantitative estimate of drug-likeness (QED) is 0.407. The second-order valence-corrected chi connectivity index (χ2v) is 8.66. The summed E-state index contributed by atoms with van der Waals surface area (Å²) in [5, 5.41) is 13.0. The molecule has 1 aliphatic heterocycles. The molecule has 0 radical (unpaired) electrons. The summed E-state index contributed by atoms with van der Waals surface area (Å²) in [6.07, 6.45) is 4.89. The monoisotopic (exact) mass is 441 g/mol. The van der Waals surface area contributed by atoms with E-state index in [2.05, 4.69) is 25.0 Å². The topological polar surface area (TPSA) is 138 Å². The molecule has 11 nitrogen and oxygen atoms in total. The maximum Gasteiger partial charge on any atom is 0.306 e. The van der Waals surface area contributed by atoms with Gasteiger partial charge in [0.1, 0.15) is 23.4 Å². The largest absolute Gasteiger partial charge is 0.508 e. The number of fused-ring (bicyclic) bond motifs is 1. The van der Waals surface area contributed by atoms with E-state index in [9.17, 15) is 13.5 Å². The Kier molecular flexibility index (Phi) is 4.81. The number of benzene rings is 1. The van der Waals surface area contributed by atoms with Crippen molar-refractivity contribution in [1.82, 2.24) is 28.4 Å². The second kappa shape index (κ2) is 7.65. The minimum atomic E-state index is -3.38. The molecule has 160 valence electrons. The third kappa shape index (κ3) is 3.71. The summed E-state index contributed by atoms with van der Waals surface area (Å²) in [5.74, 6) is 0.889. The zero-order chi connectivity index (χ0) is 21.4. The number of phenolic OH excluding ortho intramolecular Hbond substituents is 1. The van der Waals surface area contributed by atoms with Crippen LogP contribution in [0.1, 0.15) is 0 Å². The minimum absolute atomic E-state index is 0.129. The van der Waals surface area contributed by atoms with Gasteiger partial charge in [-0.05, 0) is 18.2 Å². The van der Waals surface area contributed by atoms with Gasteiger partial charge in [0.25, 0.3) is 10.2 Å². The fraction of sp³-hybridized carbons (Fsp3) is 0.211. The van der Waals surface area contributed by atoms with Crippen LogP contribution in [0.25, 0.3) is 28.5 Å². The number of aromatic nitrogens is 4. The van der Waals surface area contributed by atoms with Crippen LogP contribution in [0.15, 0.2) is 53.4 Å². The molecular weight excluding hydrogens is 422 g/mol. The van der Waals surface area contributed by atoms with Crippen LogP contribution < -0.4 is 10.0 Å². The highest BCUT2D eigenvalue weighted by molar-refractivity contribution is 7.87. The summed E-state index contributed by atoms with van der Waals surface area (Å²) in [7, 11) is -3.38. The molecule has 0 unspecified atom stereocenters. The van der Waals surface area contributed by atoms with E-state index in [0.29, 0.717) is 60.6 Å². The normalized spacial score (nSPS) is 16.1. The minimum Gasteiger partial charge on any atom is -0.508 e. The molecule has 3 N–H and O–H groups in total. The summed E-state index contributed by atoms with van der Waals surface area (Å²) in [4.78, 5) is 13.4. The number of rotatable bonds is 6. The van der Waals surface area contributed by atoms with E-state index >= 15 is 0 Å². The van der Waals surface area contributed by atoms with E-state index < -0.39 is 10.2 Å². The SMILES string of the molecule is O=S1(=O)NCCN1CCNc1nccc(-c2c(-c3cccc(O)c3)nc3occn23)n1. The molecule has 4 aromatic rings. The molecule has 12 heteroatoms. The maximum absolute atomic E-state index is 11.8. The van der Waals surface area contributed by atoms with Gasteiger partial charge in [-0.3, -0.25) is 4.40 Å². The van der Waals surface area contributed by atoms with Crippen molar-refractivity contribution in [1.29, 1.82) is 0 Å². The molecule has 1 saturated heterocycles. The summed E-state index contributed by atoms with van der Waals surface area (Å²) >= 11 is 0. The van der Waals surface area contributed by atoms with Gasteiger partial charge < -0.3 is 14.8 Å². The fourth-order valence-corrected chi connectivity index (χ4v) is 4.69. The summed E-state index contributed by atoms with van der Waals surface area (Å²) in [5.41, 5.74) is 2.61. The van der Waals surface area contributed by atoms with Crippen molar-refractivity contribution in [2.45, 2.75) is 0 Å². The van der Waals surface area contributed by atoms with Gasteiger partial charge in [-0.1, -0.05) is 12.1 Å². The lowest BCUT2D eigenvalue weighted by Gasteiger charge is -2.13. The first-order valence-corrected chi connectivity index (χ1v) is 11.0. The molecule has 5 rings (SSSR count). The van der Waals surface area contributed by atoms with Crippen molar-refractivity contribution in [3.05, 3.63) is 49.0 Å². The van der Waals surface area contributed by atoms with Gasteiger partial charge in [0, 0.05) is 44.1 Å². The molecule has 0 amide bonds. The zero-order valence-corrected chi connectivity index (χ0v) is 17.1. The Morgan fingerprint density at radius 2 is 2.16 bits per heavy atom. The highest BCUT2D eigenvalue weighted by atomic mass is 32.2. The number of phenols is 1. The zero-order valence-electron chi connectivity index (χ0n) is 16.3.